The van der Waals surface area contributed by atoms with E-state index in [2.05, 4.69) is 228 Å². The molecular formula is C54H36N2S. The molecule has 0 saturated heterocycles. The molecule has 0 aliphatic rings. The van der Waals surface area contributed by atoms with E-state index < -0.39 is 0 Å². The molecule has 0 spiro atoms. The molecule has 3 heteroatoms. The van der Waals surface area contributed by atoms with E-state index in [0.717, 1.165) is 28.1 Å². The smallest absolute Gasteiger partial charge is 0.0640 e. The molecule has 0 aliphatic heterocycles. The second-order valence-electron chi connectivity index (χ2n) is 14.4. The fraction of sp³-hybridized carbons (Fsp3) is 0. The lowest BCUT2D eigenvalue weighted by atomic mass is 9.95. The summed E-state index contributed by atoms with van der Waals surface area (Å²) in [5.41, 5.74) is 14.0. The van der Waals surface area contributed by atoms with Gasteiger partial charge in [-0.1, -0.05) is 182 Å². The Hall–Kier alpha value is -7.20. The van der Waals surface area contributed by atoms with E-state index >= 15 is 0 Å². The highest BCUT2D eigenvalue weighted by Crippen LogP contribution is 2.51. The predicted octanol–water partition coefficient (Wildman–Crippen LogP) is 15.6. The number of fused-ring (bicyclic) bond motifs is 6. The summed E-state index contributed by atoms with van der Waals surface area (Å²) >= 11 is 1.87. The summed E-state index contributed by atoms with van der Waals surface area (Å²) in [5.74, 6) is 0. The van der Waals surface area contributed by atoms with Crippen LogP contribution in [0, 0.1) is 0 Å². The lowest BCUT2D eigenvalue weighted by Crippen LogP contribution is -2.12. The molecule has 0 saturated carbocycles. The number of aromatic nitrogens is 1. The second-order valence-corrected chi connectivity index (χ2v) is 15.5. The molecular weight excluding hydrogens is 709 g/mol. The highest BCUT2D eigenvalue weighted by atomic mass is 32.1. The third kappa shape index (κ3) is 5.47. The second kappa shape index (κ2) is 13.8. The molecule has 0 N–H and O–H groups in total. The van der Waals surface area contributed by atoms with Gasteiger partial charge in [-0.25, -0.2) is 0 Å². The maximum absolute atomic E-state index is 2.53. The van der Waals surface area contributed by atoms with Gasteiger partial charge < -0.3 is 9.47 Å². The molecule has 0 fully saturated rings. The van der Waals surface area contributed by atoms with Crippen LogP contribution in [0.15, 0.2) is 218 Å². The van der Waals surface area contributed by atoms with Gasteiger partial charge in [-0.2, -0.15) is 0 Å². The van der Waals surface area contributed by atoms with Crippen molar-refractivity contribution in [3.63, 3.8) is 0 Å². The number of para-hydroxylation sites is 3. The average molecular weight is 745 g/mol. The zero-order valence-corrected chi connectivity index (χ0v) is 31.9. The first-order valence-corrected chi connectivity index (χ1v) is 20.3. The number of thiophene rings is 1. The third-order valence-electron chi connectivity index (χ3n) is 11.2. The van der Waals surface area contributed by atoms with Crippen LogP contribution in [0.25, 0.3) is 81.0 Å². The molecule has 0 bridgehead atoms. The third-order valence-corrected chi connectivity index (χ3v) is 12.4. The lowest BCUT2D eigenvalue weighted by molar-refractivity contribution is 1.18. The van der Waals surface area contributed by atoms with E-state index in [-0.39, 0.29) is 0 Å². The Labute approximate surface area is 335 Å². The summed E-state index contributed by atoms with van der Waals surface area (Å²) in [7, 11) is 0. The maximum Gasteiger partial charge on any atom is 0.0640 e. The number of benzene rings is 9. The quantitative estimate of drug-likeness (QED) is 0.158. The Morgan fingerprint density at radius 3 is 1.53 bits per heavy atom. The molecule has 11 rings (SSSR count). The van der Waals surface area contributed by atoms with Gasteiger partial charge in [0, 0.05) is 42.9 Å². The molecule has 268 valence electrons. The molecule has 2 nitrogen and oxygen atoms in total. The van der Waals surface area contributed by atoms with Crippen LogP contribution in [0.3, 0.4) is 0 Å². The van der Waals surface area contributed by atoms with Gasteiger partial charge >= 0.3 is 0 Å². The average Bonchev–Trinajstić information content (AvgIpc) is 3.84. The van der Waals surface area contributed by atoms with Crippen molar-refractivity contribution in [1.82, 2.24) is 4.57 Å². The van der Waals surface area contributed by atoms with E-state index in [9.17, 15) is 0 Å². The molecule has 0 atom stereocenters. The molecule has 9 aromatic carbocycles. The van der Waals surface area contributed by atoms with Crippen molar-refractivity contribution >= 4 is 70.4 Å². The first-order valence-electron chi connectivity index (χ1n) is 19.4. The van der Waals surface area contributed by atoms with E-state index in [1.54, 1.807) is 0 Å². The Kier molecular flexibility index (Phi) is 8.04. The van der Waals surface area contributed by atoms with E-state index in [4.69, 9.17) is 0 Å². The largest absolute Gasteiger partial charge is 0.308 e. The number of hydrogen-bond donors (Lipinski definition) is 0. The minimum Gasteiger partial charge on any atom is -0.308 e. The molecule has 57 heavy (non-hydrogen) atoms. The zero-order valence-electron chi connectivity index (χ0n) is 31.1. The van der Waals surface area contributed by atoms with E-state index in [0.29, 0.717) is 0 Å². The fourth-order valence-corrected chi connectivity index (χ4v) is 9.95. The van der Waals surface area contributed by atoms with Gasteiger partial charge in [0.05, 0.1) is 38.5 Å². The number of hydrogen-bond acceptors (Lipinski definition) is 2. The van der Waals surface area contributed by atoms with Crippen LogP contribution in [0.2, 0.25) is 0 Å². The van der Waals surface area contributed by atoms with Crippen LogP contribution in [-0.4, -0.2) is 4.57 Å². The van der Waals surface area contributed by atoms with Crippen molar-refractivity contribution in [1.29, 1.82) is 0 Å². The van der Waals surface area contributed by atoms with Crippen LogP contribution in [-0.2, 0) is 0 Å². The van der Waals surface area contributed by atoms with Gasteiger partial charge in [0.2, 0.25) is 0 Å². The van der Waals surface area contributed by atoms with Crippen molar-refractivity contribution in [3.8, 4) is 39.1 Å². The summed E-state index contributed by atoms with van der Waals surface area (Å²) in [4.78, 5) is 2.53. The zero-order chi connectivity index (χ0) is 37.7. The molecule has 0 aliphatic carbocycles. The Morgan fingerprint density at radius 1 is 0.333 bits per heavy atom. The van der Waals surface area contributed by atoms with Crippen LogP contribution in [0.4, 0.5) is 17.1 Å². The van der Waals surface area contributed by atoms with Gasteiger partial charge in [-0.05, 0) is 53.1 Å². The normalized spacial score (nSPS) is 11.5. The maximum atomic E-state index is 2.53. The standard InChI is InChI=1S/C54H36N2S/c1-4-19-37(20-5-1)40-25-10-13-31-46(40)55(50-35-17-30-44-43-26-12-15-36-51(43)57-54(44)50)48-33-18-34-49-52(48)45-27-11-14-32-47(45)56(49)53-41(38-21-6-2-7-22-38)28-16-29-42(53)39-23-8-3-9-24-39/h1-36H. The number of rotatable bonds is 7. The summed E-state index contributed by atoms with van der Waals surface area (Å²) in [6.45, 7) is 0. The van der Waals surface area contributed by atoms with Crippen LogP contribution in [0.1, 0.15) is 0 Å². The minimum atomic E-state index is 1.13. The lowest BCUT2D eigenvalue weighted by Gasteiger charge is -2.29. The Balaban J connectivity index is 1.27. The first kappa shape index (κ1) is 33.2. The van der Waals surface area contributed by atoms with Crippen LogP contribution < -0.4 is 4.90 Å². The topological polar surface area (TPSA) is 8.17 Å². The monoisotopic (exact) mass is 744 g/mol. The summed E-state index contributed by atoms with van der Waals surface area (Å²) in [6.07, 6.45) is 0. The molecule has 0 unspecified atom stereocenters. The van der Waals surface area contributed by atoms with Crippen LogP contribution in [0.5, 0.6) is 0 Å². The summed E-state index contributed by atoms with van der Waals surface area (Å²) in [6, 6.07) is 79.4. The predicted molar refractivity (Wildman–Crippen MR) is 245 cm³/mol. The van der Waals surface area contributed by atoms with Crippen molar-refractivity contribution in [2.45, 2.75) is 0 Å². The van der Waals surface area contributed by atoms with E-state index in [1.165, 1.54) is 70.0 Å². The highest BCUT2D eigenvalue weighted by Gasteiger charge is 2.26. The molecule has 0 radical (unpaired) electrons. The number of anilines is 3. The molecule has 2 heterocycles. The fourth-order valence-electron chi connectivity index (χ4n) is 8.74. The molecule has 2 aromatic heterocycles. The van der Waals surface area contributed by atoms with Crippen molar-refractivity contribution in [2.24, 2.45) is 0 Å². The van der Waals surface area contributed by atoms with Gasteiger partial charge in [0.25, 0.3) is 0 Å². The SMILES string of the molecule is c1ccc(-c2ccccc2N(c2cccc3c2sc2ccccc23)c2cccc3c2c2ccccc2n3-c2c(-c3ccccc3)cccc2-c2ccccc2)cc1. The Bertz CT molecular complexity index is 3180. The van der Waals surface area contributed by atoms with Crippen molar-refractivity contribution < 1.29 is 0 Å². The van der Waals surface area contributed by atoms with Gasteiger partial charge in [0.15, 0.2) is 0 Å². The minimum absolute atomic E-state index is 1.13. The van der Waals surface area contributed by atoms with Gasteiger partial charge in [-0.15, -0.1) is 11.3 Å². The highest BCUT2D eigenvalue weighted by molar-refractivity contribution is 7.26. The van der Waals surface area contributed by atoms with Crippen molar-refractivity contribution in [2.75, 3.05) is 4.90 Å². The van der Waals surface area contributed by atoms with Gasteiger partial charge in [-0.3, -0.25) is 0 Å². The number of nitrogens with zero attached hydrogens (tertiary/aromatic N) is 2. The van der Waals surface area contributed by atoms with Crippen molar-refractivity contribution in [3.05, 3.63) is 218 Å². The van der Waals surface area contributed by atoms with Gasteiger partial charge in [0.1, 0.15) is 0 Å². The van der Waals surface area contributed by atoms with Crippen LogP contribution >= 0.6 is 11.3 Å². The first-order chi connectivity index (χ1) is 28.3. The Morgan fingerprint density at radius 2 is 0.807 bits per heavy atom. The summed E-state index contributed by atoms with van der Waals surface area (Å²) in [5, 5.41) is 4.97. The van der Waals surface area contributed by atoms with E-state index in [1.807, 2.05) is 11.3 Å². The molecule has 11 aromatic rings. The summed E-state index contributed by atoms with van der Waals surface area (Å²) < 4.78 is 5.07. The molecule has 0 amide bonds.